The molecule has 1 aromatic heterocycles. The molecule has 2 heterocycles. The molecule has 1 fully saturated rings. The number of hydrogen-bond donors (Lipinski definition) is 1. The van der Waals surface area contributed by atoms with Crippen LogP contribution in [0.4, 0.5) is 9.39 Å². The number of nitrogens with zero attached hydrogens (tertiary/aromatic N) is 1. The number of piperidine rings is 1. The van der Waals surface area contributed by atoms with Gasteiger partial charge in [0.05, 0.1) is 11.1 Å². The number of benzene rings is 1. The van der Waals surface area contributed by atoms with Crippen molar-refractivity contribution in [1.29, 1.82) is 0 Å². The molecule has 1 aromatic carbocycles. The van der Waals surface area contributed by atoms with Crippen molar-refractivity contribution in [2.24, 2.45) is 11.3 Å². The molecule has 6 heteroatoms. The Hall–Kier alpha value is -2.21. The highest BCUT2D eigenvalue weighted by molar-refractivity contribution is 7.17. The van der Waals surface area contributed by atoms with Crippen LogP contribution in [0, 0.1) is 17.2 Å². The Morgan fingerprint density at radius 3 is 2.59 bits per heavy atom. The van der Waals surface area contributed by atoms with Gasteiger partial charge in [-0.15, -0.1) is 11.3 Å². The van der Waals surface area contributed by atoms with Gasteiger partial charge >= 0.3 is 0 Å². The van der Waals surface area contributed by atoms with E-state index in [2.05, 4.69) is 33.0 Å². The first-order valence-corrected chi connectivity index (χ1v) is 12.5. The number of carbonyl (C=O) groups is 2. The number of thiophene rings is 1. The summed E-state index contributed by atoms with van der Waals surface area (Å²) >= 11 is 1.50. The summed E-state index contributed by atoms with van der Waals surface area (Å²) in [7, 11) is 0. The predicted molar refractivity (Wildman–Crippen MR) is 128 cm³/mol. The van der Waals surface area contributed by atoms with Crippen molar-refractivity contribution in [2.75, 3.05) is 11.9 Å². The molecule has 4 nitrogen and oxygen atoms in total. The first-order chi connectivity index (χ1) is 15.2. The number of nitrogens with one attached hydrogen (secondary N) is 1. The van der Waals surface area contributed by atoms with E-state index in [1.165, 1.54) is 28.3 Å². The molecule has 4 rings (SSSR count). The van der Waals surface area contributed by atoms with Gasteiger partial charge in [0.15, 0.2) is 0 Å². The molecule has 0 saturated carbocycles. The van der Waals surface area contributed by atoms with Crippen molar-refractivity contribution in [3.63, 3.8) is 0 Å². The van der Waals surface area contributed by atoms with Gasteiger partial charge in [-0.2, -0.15) is 0 Å². The quantitative estimate of drug-likeness (QED) is 0.589. The van der Waals surface area contributed by atoms with Gasteiger partial charge in [0.25, 0.3) is 11.8 Å². The lowest BCUT2D eigenvalue weighted by Gasteiger charge is -2.35. The summed E-state index contributed by atoms with van der Waals surface area (Å²) in [5.41, 5.74) is 1.90. The summed E-state index contributed by atoms with van der Waals surface area (Å²) in [5.74, 6) is -0.528. The highest BCUT2D eigenvalue weighted by Gasteiger charge is 2.36. The van der Waals surface area contributed by atoms with Crippen molar-refractivity contribution in [1.82, 2.24) is 4.90 Å². The van der Waals surface area contributed by atoms with Crippen molar-refractivity contribution in [3.8, 4) is 0 Å². The summed E-state index contributed by atoms with van der Waals surface area (Å²) in [4.78, 5) is 29.8. The van der Waals surface area contributed by atoms with E-state index < -0.39 is 11.7 Å². The second kappa shape index (κ2) is 8.97. The molecule has 1 saturated heterocycles. The molecular weight excluding hydrogens is 423 g/mol. The number of anilines is 1. The van der Waals surface area contributed by atoms with Crippen LogP contribution in [-0.2, 0) is 12.8 Å². The number of halogens is 1. The summed E-state index contributed by atoms with van der Waals surface area (Å²) in [6, 6.07) is 6.15. The molecule has 32 heavy (non-hydrogen) atoms. The molecule has 0 radical (unpaired) electrons. The van der Waals surface area contributed by atoms with Gasteiger partial charge in [0.2, 0.25) is 0 Å². The molecule has 2 amide bonds. The van der Waals surface area contributed by atoms with Crippen LogP contribution < -0.4 is 5.32 Å². The van der Waals surface area contributed by atoms with Crippen LogP contribution in [0.25, 0.3) is 0 Å². The van der Waals surface area contributed by atoms with Crippen molar-refractivity contribution in [2.45, 2.75) is 72.3 Å². The van der Waals surface area contributed by atoms with Crippen molar-refractivity contribution < 1.29 is 14.0 Å². The summed E-state index contributed by atoms with van der Waals surface area (Å²) in [6.07, 6.45) is 5.93. The monoisotopic (exact) mass is 456 g/mol. The zero-order valence-corrected chi connectivity index (χ0v) is 20.3. The van der Waals surface area contributed by atoms with Gasteiger partial charge in [0, 0.05) is 17.5 Å². The zero-order valence-electron chi connectivity index (χ0n) is 19.5. The smallest absolute Gasteiger partial charge is 0.259 e. The van der Waals surface area contributed by atoms with E-state index in [4.69, 9.17) is 0 Å². The van der Waals surface area contributed by atoms with Crippen LogP contribution in [0.15, 0.2) is 24.3 Å². The molecule has 2 aromatic rings. The van der Waals surface area contributed by atoms with Gasteiger partial charge in [-0.3, -0.25) is 9.59 Å². The van der Waals surface area contributed by atoms with E-state index in [-0.39, 0.29) is 22.9 Å². The Labute approximate surface area is 194 Å². The fraction of sp³-hybridized carbons (Fsp3) is 0.538. The minimum absolute atomic E-state index is 0.00354. The Kier molecular flexibility index (Phi) is 6.44. The number of rotatable bonds is 3. The van der Waals surface area contributed by atoms with Gasteiger partial charge in [-0.25, -0.2) is 4.39 Å². The van der Waals surface area contributed by atoms with Gasteiger partial charge in [-0.1, -0.05) is 32.9 Å². The second-order valence-electron chi connectivity index (χ2n) is 10.3. The Bertz CT molecular complexity index is 1020. The third-order valence-corrected chi connectivity index (χ3v) is 8.28. The van der Waals surface area contributed by atoms with E-state index in [0.29, 0.717) is 16.5 Å². The maximum atomic E-state index is 14.2. The summed E-state index contributed by atoms with van der Waals surface area (Å²) in [5, 5.41) is 3.48. The van der Waals surface area contributed by atoms with E-state index in [0.717, 1.165) is 50.6 Å². The molecule has 1 aliphatic carbocycles. The maximum absolute atomic E-state index is 14.2. The lowest BCUT2D eigenvalue weighted by molar-refractivity contribution is 0.0635. The second-order valence-corrected chi connectivity index (χ2v) is 11.4. The maximum Gasteiger partial charge on any atom is 0.259 e. The van der Waals surface area contributed by atoms with Crippen LogP contribution in [0.5, 0.6) is 0 Å². The van der Waals surface area contributed by atoms with Crippen molar-refractivity contribution in [3.05, 3.63) is 51.7 Å². The summed E-state index contributed by atoms with van der Waals surface area (Å²) < 4.78 is 14.2. The largest absolute Gasteiger partial charge is 0.336 e. The molecule has 0 bridgehead atoms. The number of amides is 2. The number of hydrogen-bond acceptors (Lipinski definition) is 3. The molecule has 1 aliphatic heterocycles. The van der Waals surface area contributed by atoms with E-state index in [1.807, 2.05) is 4.90 Å². The lowest BCUT2D eigenvalue weighted by atomic mass is 9.72. The fourth-order valence-electron chi connectivity index (χ4n) is 5.00. The first kappa shape index (κ1) is 23.0. The molecule has 0 spiro atoms. The average Bonchev–Trinajstić information content (AvgIpc) is 3.10. The minimum Gasteiger partial charge on any atom is -0.336 e. The average molecular weight is 457 g/mol. The predicted octanol–water partition coefficient (Wildman–Crippen LogP) is 6.31. The lowest BCUT2D eigenvalue weighted by Crippen LogP contribution is -2.42. The Morgan fingerprint density at radius 2 is 1.91 bits per heavy atom. The molecule has 2 atom stereocenters. The highest BCUT2D eigenvalue weighted by Crippen LogP contribution is 2.45. The van der Waals surface area contributed by atoms with Crippen LogP contribution >= 0.6 is 11.3 Å². The molecule has 0 unspecified atom stereocenters. The Balaban J connectivity index is 1.71. The fourth-order valence-corrected chi connectivity index (χ4v) is 6.31. The van der Waals surface area contributed by atoms with Gasteiger partial charge in [-0.05, 0) is 74.5 Å². The SMILES string of the molecule is C[C@H]1CCCCN1C(=O)c1c(NC(=O)c2ccccc2F)sc2c1CC[C@@H](C(C)(C)C)C2. The van der Waals surface area contributed by atoms with E-state index >= 15 is 0 Å². The molecular formula is C26H33FN2O2S. The molecule has 172 valence electrons. The standard InChI is InChI=1S/C26H33FN2O2S/c1-16-9-7-8-14-29(16)25(31)22-19-13-12-17(26(2,3)4)15-21(19)32-24(22)28-23(30)18-10-5-6-11-20(18)27/h5-6,10-11,16-17H,7-9,12-15H2,1-4H3,(H,28,30)/t16-,17+/m0/s1. The zero-order chi connectivity index (χ0) is 23.0. The van der Waals surface area contributed by atoms with Gasteiger partial charge < -0.3 is 10.2 Å². The van der Waals surface area contributed by atoms with E-state index in [9.17, 15) is 14.0 Å². The van der Waals surface area contributed by atoms with Crippen LogP contribution in [0.3, 0.4) is 0 Å². The van der Waals surface area contributed by atoms with Crippen molar-refractivity contribution >= 4 is 28.2 Å². The first-order valence-electron chi connectivity index (χ1n) is 11.7. The van der Waals surface area contributed by atoms with Crippen LogP contribution in [-0.4, -0.2) is 29.3 Å². The topological polar surface area (TPSA) is 49.4 Å². The third-order valence-electron chi connectivity index (χ3n) is 7.11. The molecule has 1 N–H and O–H groups in total. The molecule has 2 aliphatic rings. The van der Waals surface area contributed by atoms with E-state index in [1.54, 1.807) is 12.1 Å². The highest BCUT2D eigenvalue weighted by atomic mass is 32.1. The van der Waals surface area contributed by atoms with Gasteiger partial charge in [0.1, 0.15) is 10.8 Å². The number of carbonyl (C=O) groups excluding carboxylic acids is 2. The normalized spacial score (nSPS) is 21.2. The number of fused-ring (bicyclic) bond motifs is 1. The van der Waals surface area contributed by atoms with Crippen LogP contribution in [0.1, 0.15) is 84.5 Å². The number of likely N-dealkylation sites (tertiary alicyclic amines) is 1. The Morgan fingerprint density at radius 1 is 1.16 bits per heavy atom. The minimum atomic E-state index is -0.559. The third kappa shape index (κ3) is 4.47. The summed E-state index contributed by atoms with van der Waals surface area (Å²) in [6.45, 7) is 9.63. The van der Waals surface area contributed by atoms with Crippen LogP contribution in [0.2, 0.25) is 0 Å².